The number of amides is 1. The molecule has 0 spiro atoms. The van der Waals surface area contributed by atoms with Gasteiger partial charge in [0.2, 0.25) is 0 Å². The second kappa shape index (κ2) is 10.5. The van der Waals surface area contributed by atoms with Crippen LogP contribution in [0.15, 0.2) is 35.3 Å². The summed E-state index contributed by atoms with van der Waals surface area (Å²) in [5.74, 6) is 1.38. The van der Waals surface area contributed by atoms with Crippen molar-refractivity contribution in [3.63, 3.8) is 0 Å². The van der Waals surface area contributed by atoms with Crippen LogP contribution in [0.4, 0.5) is 0 Å². The fourth-order valence-electron chi connectivity index (χ4n) is 4.68. The highest BCUT2D eigenvalue weighted by Crippen LogP contribution is 2.45. The maximum absolute atomic E-state index is 13.5. The van der Waals surface area contributed by atoms with Gasteiger partial charge in [0.1, 0.15) is 29.3 Å². The summed E-state index contributed by atoms with van der Waals surface area (Å²) in [6.45, 7) is 8.00. The number of rotatable bonds is 7. The summed E-state index contributed by atoms with van der Waals surface area (Å²) in [6, 6.07) is 9.76. The van der Waals surface area contributed by atoms with Gasteiger partial charge in [-0.05, 0) is 74.2 Å². The van der Waals surface area contributed by atoms with Crippen LogP contribution >= 0.6 is 11.8 Å². The number of carbonyl (C=O) groups excluding carboxylic acids is 2. The van der Waals surface area contributed by atoms with Gasteiger partial charge in [0.25, 0.3) is 5.91 Å². The molecule has 0 saturated carbocycles. The van der Waals surface area contributed by atoms with E-state index in [1.54, 1.807) is 24.9 Å². The summed E-state index contributed by atoms with van der Waals surface area (Å²) < 4.78 is 17.9. The summed E-state index contributed by atoms with van der Waals surface area (Å²) in [5, 5.41) is 4.39. The van der Waals surface area contributed by atoms with Crippen molar-refractivity contribution < 1.29 is 23.8 Å². The molecule has 0 fully saturated rings. The monoisotopic (exact) mass is 523 g/mol. The van der Waals surface area contributed by atoms with Gasteiger partial charge in [-0.15, -0.1) is 0 Å². The van der Waals surface area contributed by atoms with Crippen molar-refractivity contribution in [2.45, 2.75) is 46.2 Å². The maximum atomic E-state index is 13.5. The molecule has 2 heterocycles. The average molecular weight is 524 g/mol. The number of methoxy groups -OCH3 is 3. The number of nitrogens with one attached hydrogen (secondary N) is 1. The molecule has 9 heteroatoms. The molecule has 8 nitrogen and oxygen atoms in total. The number of aliphatic imine (C=N–C) groups is 1. The number of hydrogen-bond acceptors (Lipinski definition) is 7. The van der Waals surface area contributed by atoms with Gasteiger partial charge < -0.3 is 18.8 Å². The summed E-state index contributed by atoms with van der Waals surface area (Å²) in [5.41, 5.74) is 4.68. The Morgan fingerprint density at radius 3 is 2.35 bits per heavy atom. The number of thioether (sulfide) groups is 1. The fraction of sp³-hybridized carbons (Fsp3) is 0.393. The predicted molar refractivity (Wildman–Crippen MR) is 147 cm³/mol. The van der Waals surface area contributed by atoms with Crippen molar-refractivity contribution in [2.75, 3.05) is 27.1 Å². The number of aromatic nitrogens is 1. The first-order valence-corrected chi connectivity index (χ1v) is 13.1. The molecule has 0 aliphatic carbocycles. The van der Waals surface area contributed by atoms with Crippen molar-refractivity contribution >= 4 is 39.7 Å². The van der Waals surface area contributed by atoms with E-state index in [0.717, 1.165) is 44.7 Å². The molecule has 2 aromatic carbocycles. The third-order valence-electron chi connectivity index (χ3n) is 7.05. The quantitative estimate of drug-likeness (QED) is 0.443. The molecule has 1 N–H and O–H groups in total. The van der Waals surface area contributed by atoms with E-state index in [-0.39, 0.29) is 12.5 Å². The minimum absolute atomic E-state index is 0.0653. The van der Waals surface area contributed by atoms with Crippen LogP contribution in [0.3, 0.4) is 0 Å². The van der Waals surface area contributed by atoms with E-state index in [2.05, 4.69) is 12.2 Å². The Morgan fingerprint density at radius 1 is 1.00 bits per heavy atom. The molecular formula is C28H33N3O5S. The molecule has 4 rings (SSSR count). The number of carbonyl (C=O) groups is 2. The Kier molecular flexibility index (Phi) is 7.54. The van der Waals surface area contributed by atoms with Crippen LogP contribution in [0, 0.1) is 20.8 Å². The van der Waals surface area contributed by atoms with Crippen molar-refractivity contribution in [1.29, 1.82) is 0 Å². The van der Waals surface area contributed by atoms with Crippen LogP contribution in [0.2, 0.25) is 0 Å². The van der Waals surface area contributed by atoms with Crippen LogP contribution in [0.25, 0.3) is 10.9 Å². The standard InChI is InChI=1S/C28H33N3O5S/c1-8-28(20-13-23(34-5)18(4)11-24(20)35-6)15-37-27(30-28)29-26(33)22-12-19-9-16(2)17(3)10-21(19)31(22)14-25(32)36-7/h9-13H,8,14-15H2,1-7H3,(H,29,30,33). The van der Waals surface area contributed by atoms with E-state index >= 15 is 0 Å². The number of amidine groups is 1. The lowest BCUT2D eigenvalue weighted by Crippen LogP contribution is -2.30. The Hall–Kier alpha value is -3.46. The molecule has 0 bridgehead atoms. The first-order chi connectivity index (χ1) is 17.7. The second-order valence-electron chi connectivity index (χ2n) is 9.25. The molecule has 0 radical (unpaired) electrons. The molecule has 0 saturated heterocycles. The number of hydrogen-bond donors (Lipinski definition) is 1. The Balaban J connectivity index is 1.71. The van der Waals surface area contributed by atoms with E-state index < -0.39 is 11.5 Å². The predicted octanol–water partition coefficient (Wildman–Crippen LogP) is 4.89. The third kappa shape index (κ3) is 4.92. The number of benzene rings is 2. The van der Waals surface area contributed by atoms with Crippen molar-refractivity contribution in [2.24, 2.45) is 4.99 Å². The summed E-state index contributed by atoms with van der Waals surface area (Å²) in [4.78, 5) is 30.7. The molecule has 3 aromatic rings. The Bertz CT molecular complexity index is 1410. The van der Waals surface area contributed by atoms with Gasteiger partial charge in [-0.2, -0.15) is 0 Å². The summed E-state index contributed by atoms with van der Waals surface area (Å²) >= 11 is 1.49. The lowest BCUT2D eigenvalue weighted by atomic mass is 9.88. The highest BCUT2D eigenvalue weighted by atomic mass is 32.2. The molecule has 1 aliphatic heterocycles. The van der Waals surface area contributed by atoms with E-state index in [0.29, 0.717) is 23.0 Å². The molecule has 1 amide bonds. The van der Waals surface area contributed by atoms with Crippen LogP contribution < -0.4 is 14.8 Å². The van der Waals surface area contributed by atoms with E-state index in [1.165, 1.54) is 18.9 Å². The van der Waals surface area contributed by atoms with Crippen LogP contribution in [-0.4, -0.2) is 48.7 Å². The normalized spacial score (nSPS) is 17.0. The maximum Gasteiger partial charge on any atom is 0.325 e. The number of ether oxygens (including phenoxy) is 3. The Labute approximate surface area is 221 Å². The smallest absolute Gasteiger partial charge is 0.325 e. The van der Waals surface area contributed by atoms with Gasteiger partial charge in [-0.25, -0.2) is 4.99 Å². The van der Waals surface area contributed by atoms with Crippen molar-refractivity contribution in [3.05, 3.63) is 58.3 Å². The highest BCUT2D eigenvalue weighted by molar-refractivity contribution is 8.14. The minimum atomic E-state index is -0.577. The zero-order valence-electron chi connectivity index (χ0n) is 22.4. The zero-order valence-corrected chi connectivity index (χ0v) is 23.2. The average Bonchev–Trinajstić information content (AvgIpc) is 3.45. The molecule has 1 aromatic heterocycles. The largest absolute Gasteiger partial charge is 0.496 e. The van der Waals surface area contributed by atoms with Crippen LogP contribution in [-0.2, 0) is 21.6 Å². The number of esters is 1. The van der Waals surface area contributed by atoms with Crippen LogP contribution in [0.1, 0.15) is 46.1 Å². The molecule has 196 valence electrons. The highest BCUT2D eigenvalue weighted by Gasteiger charge is 2.39. The number of nitrogens with zero attached hydrogens (tertiary/aromatic N) is 2. The van der Waals surface area contributed by atoms with Gasteiger partial charge in [-0.1, -0.05) is 18.7 Å². The first-order valence-electron chi connectivity index (χ1n) is 12.1. The van der Waals surface area contributed by atoms with Crippen molar-refractivity contribution in [1.82, 2.24) is 9.88 Å². The zero-order chi connectivity index (χ0) is 26.9. The van der Waals surface area contributed by atoms with Crippen LogP contribution in [0.5, 0.6) is 11.5 Å². The number of fused-ring (bicyclic) bond motifs is 1. The molecule has 37 heavy (non-hydrogen) atoms. The molecule has 1 unspecified atom stereocenters. The van der Waals surface area contributed by atoms with Gasteiger partial charge in [0, 0.05) is 22.2 Å². The molecule has 1 aliphatic rings. The SMILES string of the molecule is CCC1(c2cc(OC)c(C)cc2OC)CSC(NC(=O)c2cc3cc(C)c(C)cc3n2CC(=O)OC)=N1. The summed E-state index contributed by atoms with van der Waals surface area (Å²) in [6.07, 6.45) is 0.711. The van der Waals surface area contributed by atoms with Gasteiger partial charge >= 0.3 is 5.97 Å². The molecule has 1 atom stereocenters. The Morgan fingerprint density at radius 2 is 1.70 bits per heavy atom. The summed E-state index contributed by atoms with van der Waals surface area (Å²) in [7, 11) is 4.63. The van der Waals surface area contributed by atoms with Crippen molar-refractivity contribution in [3.8, 4) is 11.5 Å². The third-order valence-corrected chi connectivity index (χ3v) is 8.14. The second-order valence-corrected chi connectivity index (χ2v) is 10.2. The van der Waals surface area contributed by atoms with Gasteiger partial charge in [0.05, 0.1) is 21.3 Å². The van der Waals surface area contributed by atoms with E-state index in [4.69, 9.17) is 19.2 Å². The fourth-order valence-corrected chi connectivity index (χ4v) is 5.88. The van der Waals surface area contributed by atoms with Gasteiger partial charge in [-0.3, -0.25) is 14.9 Å². The van der Waals surface area contributed by atoms with E-state index in [1.807, 2.05) is 45.0 Å². The van der Waals surface area contributed by atoms with Gasteiger partial charge in [0.15, 0.2) is 5.17 Å². The number of aryl methyl sites for hydroxylation is 3. The molecular weight excluding hydrogens is 490 g/mol. The minimum Gasteiger partial charge on any atom is -0.496 e. The first kappa shape index (κ1) is 26.6. The lowest BCUT2D eigenvalue weighted by Gasteiger charge is -2.27. The topological polar surface area (TPSA) is 91.2 Å². The lowest BCUT2D eigenvalue weighted by molar-refractivity contribution is -0.141. The van der Waals surface area contributed by atoms with E-state index in [9.17, 15) is 9.59 Å².